The summed E-state index contributed by atoms with van der Waals surface area (Å²) in [7, 11) is 0. The maximum absolute atomic E-state index is 13.9. The number of amides is 1. The van der Waals surface area contributed by atoms with E-state index in [0.29, 0.717) is 16.5 Å². The molecule has 3 unspecified atom stereocenters. The number of hydrogen-bond acceptors (Lipinski definition) is 2. The monoisotopic (exact) mass is 449 g/mol. The third-order valence-corrected chi connectivity index (χ3v) is 7.30. The minimum Gasteiger partial charge on any atom is -0.325 e. The van der Waals surface area contributed by atoms with Crippen molar-refractivity contribution in [1.29, 1.82) is 0 Å². The molecule has 1 aliphatic heterocycles. The SMILES string of the molecule is Cc1ccccc1C1CC(=O)CC(c2cccc(Cl)c2)C12C(=O)Nc1cc(Cl)ccc12. The van der Waals surface area contributed by atoms with Gasteiger partial charge >= 0.3 is 0 Å². The fourth-order valence-electron chi connectivity index (χ4n) is 5.56. The van der Waals surface area contributed by atoms with E-state index in [9.17, 15) is 9.59 Å². The van der Waals surface area contributed by atoms with Crippen LogP contribution in [0.15, 0.2) is 66.7 Å². The van der Waals surface area contributed by atoms with Crippen LogP contribution >= 0.6 is 23.2 Å². The van der Waals surface area contributed by atoms with E-state index >= 15 is 0 Å². The van der Waals surface area contributed by atoms with Crippen molar-refractivity contribution >= 4 is 40.6 Å². The zero-order valence-corrected chi connectivity index (χ0v) is 18.5. The Morgan fingerprint density at radius 3 is 2.39 bits per heavy atom. The number of ketones is 1. The van der Waals surface area contributed by atoms with Crippen LogP contribution < -0.4 is 5.32 Å². The molecule has 1 fully saturated rings. The van der Waals surface area contributed by atoms with E-state index in [0.717, 1.165) is 27.9 Å². The highest BCUT2D eigenvalue weighted by atomic mass is 35.5. The van der Waals surface area contributed by atoms with Gasteiger partial charge in [-0.2, -0.15) is 0 Å². The molecule has 0 bridgehead atoms. The summed E-state index contributed by atoms with van der Waals surface area (Å²) in [4.78, 5) is 26.9. The van der Waals surface area contributed by atoms with Crippen LogP contribution in [-0.2, 0) is 15.0 Å². The topological polar surface area (TPSA) is 46.2 Å². The highest BCUT2D eigenvalue weighted by Gasteiger charge is 2.60. The van der Waals surface area contributed by atoms with Crippen molar-refractivity contribution in [2.45, 2.75) is 37.0 Å². The highest BCUT2D eigenvalue weighted by Crippen LogP contribution is 2.60. The van der Waals surface area contributed by atoms with Crippen LogP contribution in [0.1, 0.15) is 46.9 Å². The van der Waals surface area contributed by atoms with Gasteiger partial charge in [-0.3, -0.25) is 9.59 Å². The lowest BCUT2D eigenvalue weighted by Crippen LogP contribution is -2.50. The number of carbonyl (C=O) groups is 2. The summed E-state index contributed by atoms with van der Waals surface area (Å²) >= 11 is 12.6. The normalized spacial score (nSPS) is 24.9. The summed E-state index contributed by atoms with van der Waals surface area (Å²) in [5.74, 6) is -0.560. The van der Waals surface area contributed by atoms with Crippen LogP contribution in [0.3, 0.4) is 0 Å². The van der Waals surface area contributed by atoms with Gasteiger partial charge in [0, 0.05) is 40.4 Å². The van der Waals surface area contributed by atoms with E-state index in [-0.39, 0.29) is 29.9 Å². The summed E-state index contributed by atoms with van der Waals surface area (Å²) in [6, 6.07) is 21.1. The number of carbonyl (C=O) groups excluding carboxylic acids is 2. The molecule has 3 nitrogen and oxygen atoms in total. The van der Waals surface area contributed by atoms with Gasteiger partial charge in [-0.05, 0) is 53.4 Å². The number of halogens is 2. The molecule has 1 aliphatic carbocycles. The van der Waals surface area contributed by atoms with Gasteiger partial charge in [0.05, 0.1) is 5.41 Å². The second-order valence-corrected chi connectivity index (χ2v) is 9.35. The molecule has 156 valence electrons. The number of benzene rings is 3. The van der Waals surface area contributed by atoms with Gasteiger partial charge in [0.15, 0.2) is 0 Å². The smallest absolute Gasteiger partial charge is 0.236 e. The largest absolute Gasteiger partial charge is 0.325 e. The first-order valence-electron chi connectivity index (χ1n) is 10.4. The van der Waals surface area contributed by atoms with Gasteiger partial charge in [-0.15, -0.1) is 0 Å². The van der Waals surface area contributed by atoms with Gasteiger partial charge in [0.1, 0.15) is 5.78 Å². The lowest BCUT2D eigenvalue weighted by molar-refractivity contribution is -0.128. The predicted molar refractivity (Wildman–Crippen MR) is 124 cm³/mol. The molecule has 0 radical (unpaired) electrons. The van der Waals surface area contributed by atoms with Gasteiger partial charge in [-0.25, -0.2) is 0 Å². The highest BCUT2D eigenvalue weighted by molar-refractivity contribution is 6.31. The van der Waals surface area contributed by atoms with Crippen molar-refractivity contribution in [3.63, 3.8) is 0 Å². The Kier molecular flexibility index (Phi) is 4.91. The molecule has 0 aromatic heterocycles. The first-order valence-corrected chi connectivity index (χ1v) is 11.1. The van der Waals surface area contributed by atoms with Crippen molar-refractivity contribution in [3.05, 3.63) is 99.0 Å². The molecule has 1 heterocycles. The summed E-state index contributed by atoms with van der Waals surface area (Å²) in [6.07, 6.45) is 0.607. The quantitative estimate of drug-likeness (QED) is 0.490. The van der Waals surface area contributed by atoms with E-state index in [2.05, 4.69) is 5.32 Å². The Morgan fingerprint density at radius 2 is 1.61 bits per heavy atom. The molecule has 31 heavy (non-hydrogen) atoms. The minimum atomic E-state index is -0.926. The molecular formula is C26H21Cl2NO2. The van der Waals surface area contributed by atoms with Crippen LogP contribution in [0.4, 0.5) is 5.69 Å². The first kappa shape index (κ1) is 20.3. The van der Waals surface area contributed by atoms with Gasteiger partial charge in [0.25, 0.3) is 0 Å². The lowest BCUT2D eigenvalue weighted by Gasteiger charge is -2.46. The first-order chi connectivity index (χ1) is 14.9. The number of hydrogen-bond donors (Lipinski definition) is 1. The fraction of sp³-hybridized carbons (Fsp3) is 0.231. The number of fused-ring (bicyclic) bond motifs is 2. The number of aryl methyl sites for hydroxylation is 1. The maximum Gasteiger partial charge on any atom is 0.236 e. The Morgan fingerprint density at radius 1 is 0.871 bits per heavy atom. The summed E-state index contributed by atoms with van der Waals surface area (Å²) in [5.41, 5.74) is 3.69. The van der Waals surface area contributed by atoms with Gasteiger partial charge in [0.2, 0.25) is 5.91 Å². The summed E-state index contributed by atoms with van der Waals surface area (Å²) < 4.78 is 0. The Labute approximate surface area is 191 Å². The van der Waals surface area contributed by atoms with Crippen LogP contribution in [-0.4, -0.2) is 11.7 Å². The van der Waals surface area contributed by atoms with Crippen LogP contribution in [0.2, 0.25) is 10.0 Å². The molecule has 3 aromatic rings. The Hall–Kier alpha value is -2.62. The number of rotatable bonds is 2. The zero-order valence-electron chi connectivity index (χ0n) is 17.0. The van der Waals surface area contributed by atoms with Crippen LogP contribution in [0, 0.1) is 6.92 Å². The number of Topliss-reactive ketones (excluding diaryl/α,β-unsaturated/α-hetero) is 1. The van der Waals surface area contributed by atoms with Crippen molar-refractivity contribution < 1.29 is 9.59 Å². The molecule has 3 atom stereocenters. The van der Waals surface area contributed by atoms with Crippen LogP contribution in [0.5, 0.6) is 0 Å². The third-order valence-electron chi connectivity index (χ3n) is 6.83. The van der Waals surface area contributed by atoms with Gasteiger partial charge < -0.3 is 5.32 Å². The zero-order chi connectivity index (χ0) is 21.8. The molecule has 1 amide bonds. The van der Waals surface area contributed by atoms with Crippen molar-refractivity contribution in [2.24, 2.45) is 0 Å². The lowest BCUT2D eigenvalue weighted by atomic mass is 9.53. The second kappa shape index (κ2) is 7.51. The Bertz CT molecular complexity index is 1220. The molecule has 2 aliphatic rings. The molecular weight excluding hydrogens is 429 g/mol. The standard InChI is InChI=1S/C26H21Cl2NO2/c1-15-5-2-3-8-20(15)23-14-19(30)13-22(16-6-4-7-17(27)11-16)26(23)21-10-9-18(28)12-24(21)29-25(26)31/h2-12,22-23H,13-14H2,1H3,(H,29,31). The molecule has 1 saturated carbocycles. The predicted octanol–water partition coefficient (Wildman–Crippen LogP) is 6.42. The van der Waals surface area contributed by atoms with Crippen molar-refractivity contribution in [2.75, 3.05) is 5.32 Å². The van der Waals surface area contributed by atoms with E-state index in [1.165, 1.54) is 0 Å². The summed E-state index contributed by atoms with van der Waals surface area (Å²) in [5, 5.41) is 4.23. The second-order valence-electron chi connectivity index (χ2n) is 8.48. The molecule has 3 aromatic carbocycles. The fourth-order valence-corrected chi connectivity index (χ4v) is 5.93. The van der Waals surface area contributed by atoms with E-state index in [4.69, 9.17) is 23.2 Å². The third kappa shape index (κ3) is 3.10. The molecule has 5 heteroatoms. The minimum absolute atomic E-state index is 0.0875. The van der Waals surface area contributed by atoms with Crippen molar-refractivity contribution in [1.82, 2.24) is 0 Å². The molecule has 0 saturated heterocycles. The van der Waals surface area contributed by atoms with E-state index < -0.39 is 5.41 Å². The molecule has 5 rings (SSSR count). The van der Waals surface area contributed by atoms with E-state index in [1.807, 2.05) is 67.6 Å². The van der Waals surface area contributed by atoms with Crippen LogP contribution in [0.25, 0.3) is 0 Å². The Balaban J connectivity index is 1.83. The number of nitrogens with one attached hydrogen (secondary N) is 1. The van der Waals surface area contributed by atoms with Gasteiger partial charge in [-0.1, -0.05) is 65.7 Å². The van der Waals surface area contributed by atoms with Crippen molar-refractivity contribution in [3.8, 4) is 0 Å². The molecule has 1 spiro atoms. The average Bonchev–Trinajstić information content (AvgIpc) is 3.01. The number of anilines is 1. The average molecular weight is 450 g/mol. The molecule has 1 N–H and O–H groups in total. The summed E-state index contributed by atoms with van der Waals surface area (Å²) in [6.45, 7) is 2.03. The maximum atomic E-state index is 13.9. The van der Waals surface area contributed by atoms with E-state index in [1.54, 1.807) is 6.07 Å².